The van der Waals surface area contributed by atoms with Crippen LogP contribution in [0, 0.1) is 0 Å². The largest absolute Gasteiger partial charge is 0.380 e. The first-order valence-corrected chi connectivity index (χ1v) is 7.94. The summed E-state index contributed by atoms with van der Waals surface area (Å²) in [4.78, 5) is 14.4. The van der Waals surface area contributed by atoms with Crippen LogP contribution in [0.3, 0.4) is 0 Å². The molecule has 0 radical (unpaired) electrons. The summed E-state index contributed by atoms with van der Waals surface area (Å²) in [5.41, 5.74) is 2.46. The molecule has 1 saturated heterocycles. The van der Waals surface area contributed by atoms with Gasteiger partial charge in [0.1, 0.15) is 6.17 Å². The number of carbonyl (C=O) groups excluding carboxylic acids is 1. The van der Waals surface area contributed by atoms with Crippen molar-refractivity contribution < 1.29 is 9.53 Å². The molecule has 0 saturated carbocycles. The predicted molar refractivity (Wildman–Crippen MR) is 84.0 cm³/mol. The number of aryl methyl sites for hydroxylation is 1. The molecule has 4 heteroatoms. The van der Waals surface area contributed by atoms with Crippen molar-refractivity contribution in [3.8, 4) is 0 Å². The summed E-state index contributed by atoms with van der Waals surface area (Å²) in [6, 6.07) is 8.44. The van der Waals surface area contributed by atoms with Crippen LogP contribution in [-0.2, 0) is 16.0 Å². The average Bonchev–Trinajstić information content (AvgIpc) is 2.84. The zero-order chi connectivity index (χ0) is 15.2. The molecule has 1 aromatic rings. The Balaban J connectivity index is 2.14. The first-order chi connectivity index (χ1) is 10.2. The molecule has 1 aromatic carbocycles. The Bertz CT molecular complexity index is 458. The van der Waals surface area contributed by atoms with Crippen LogP contribution in [0.4, 0.5) is 0 Å². The van der Waals surface area contributed by atoms with E-state index in [0.29, 0.717) is 19.8 Å². The first-order valence-electron chi connectivity index (χ1n) is 7.94. The normalized spacial score (nSPS) is 22.0. The van der Waals surface area contributed by atoms with Crippen LogP contribution in [-0.4, -0.2) is 36.6 Å². The van der Waals surface area contributed by atoms with Crippen molar-refractivity contribution in [1.29, 1.82) is 0 Å². The number of amides is 1. The molecule has 1 heterocycles. The number of rotatable bonds is 7. The summed E-state index contributed by atoms with van der Waals surface area (Å²) in [7, 11) is 0. The molecule has 0 bridgehead atoms. The molecule has 1 aliphatic rings. The smallest absolute Gasteiger partial charge is 0.241 e. The van der Waals surface area contributed by atoms with Gasteiger partial charge < -0.3 is 9.64 Å². The summed E-state index contributed by atoms with van der Waals surface area (Å²) in [6.45, 7) is 8.06. The summed E-state index contributed by atoms with van der Waals surface area (Å²) < 4.78 is 5.41. The van der Waals surface area contributed by atoms with Gasteiger partial charge in [0.05, 0.1) is 12.6 Å². The Morgan fingerprint density at radius 3 is 2.48 bits per heavy atom. The predicted octanol–water partition coefficient (Wildman–Crippen LogP) is 2.49. The number of hydrogen-bond acceptors (Lipinski definition) is 3. The van der Waals surface area contributed by atoms with Crippen LogP contribution in [0.5, 0.6) is 0 Å². The fourth-order valence-electron chi connectivity index (χ4n) is 2.73. The fraction of sp³-hybridized carbons (Fsp3) is 0.588. The monoisotopic (exact) mass is 290 g/mol. The minimum Gasteiger partial charge on any atom is -0.380 e. The van der Waals surface area contributed by atoms with E-state index >= 15 is 0 Å². The fourth-order valence-corrected chi connectivity index (χ4v) is 2.73. The summed E-state index contributed by atoms with van der Waals surface area (Å²) >= 11 is 0. The second-order valence-corrected chi connectivity index (χ2v) is 5.35. The maximum Gasteiger partial charge on any atom is 0.241 e. The number of benzene rings is 1. The summed E-state index contributed by atoms with van der Waals surface area (Å²) in [5.74, 6) is 0.182. The van der Waals surface area contributed by atoms with Gasteiger partial charge in [0.2, 0.25) is 5.91 Å². The lowest BCUT2D eigenvalue weighted by Crippen LogP contribution is -2.34. The molecule has 0 aliphatic carbocycles. The van der Waals surface area contributed by atoms with Crippen molar-refractivity contribution in [2.24, 2.45) is 0 Å². The number of ether oxygens (including phenoxy) is 1. The van der Waals surface area contributed by atoms with Crippen LogP contribution >= 0.6 is 0 Å². The third-order valence-electron chi connectivity index (χ3n) is 4.04. The molecule has 2 atom stereocenters. The highest BCUT2D eigenvalue weighted by Gasteiger charge is 2.38. The van der Waals surface area contributed by atoms with Gasteiger partial charge in [-0.3, -0.25) is 10.1 Å². The first kappa shape index (κ1) is 16.0. The van der Waals surface area contributed by atoms with Gasteiger partial charge in [0, 0.05) is 13.2 Å². The van der Waals surface area contributed by atoms with Crippen LogP contribution in [0.25, 0.3) is 0 Å². The van der Waals surface area contributed by atoms with Crippen LogP contribution in [0.2, 0.25) is 0 Å². The van der Waals surface area contributed by atoms with E-state index in [1.807, 2.05) is 18.7 Å². The molecule has 21 heavy (non-hydrogen) atoms. The van der Waals surface area contributed by atoms with Gasteiger partial charge in [-0.1, -0.05) is 38.1 Å². The van der Waals surface area contributed by atoms with E-state index in [4.69, 9.17) is 4.74 Å². The van der Waals surface area contributed by atoms with E-state index in [2.05, 4.69) is 36.5 Å². The maximum atomic E-state index is 12.4. The Kier molecular flexibility index (Phi) is 5.76. The molecule has 1 fully saturated rings. The number of carbonyl (C=O) groups is 1. The van der Waals surface area contributed by atoms with Gasteiger partial charge in [-0.2, -0.15) is 0 Å². The van der Waals surface area contributed by atoms with Gasteiger partial charge in [-0.05, 0) is 30.9 Å². The molecule has 4 nitrogen and oxygen atoms in total. The second kappa shape index (κ2) is 7.57. The maximum absolute atomic E-state index is 12.4. The molecule has 1 aliphatic heterocycles. The van der Waals surface area contributed by atoms with Gasteiger partial charge >= 0.3 is 0 Å². The molecular formula is C17H26N2O2. The molecule has 1 amide bonds. The highest BCUT2D eigenvalue weighted by atomic mass is 16.5. The van der Waals surface area contributed by atoms with Crippen LogP contribution < -0.4 is 5.32 Å². The molecule has 1 N–H and O–H groups in total. The lowest BCUT2D eigenvalue weighted by molar-refractivity contribution is -0.130. The minimum absolute atomic E-state index is 0.0335. The van der Waals surface area contributed by atoms with Crippen molar-refractivity contribution in [1.82, 2.24) is 10.2 Å². The van der Waals surface area contributed by atoms with E-state index in [-0.39, 0.29) is 18.1 Å². The van der Waals surface area contributed by atoms with E-state index in [1.165, 1.54) is 5.56 Å². The Morgan fingerprint density at radius 1 is 1.19 bits per heavy atom. The zero-order valence-corrected chi connectivity index (χ0v) is 13.3. The average molecular weight is 290 g/mol. The quantitative estimate of drug-likeness (QED) is 0.785. The Morgan fingerprint density at radius 2 is 1.90 bits per heavy atom. The highest BCUT2D eigenvalue weighted by molar-refractivity contribution is 5.84. The SMILES string of the molecule is CCOCCN1C(=O)C(CC)NC1c1ccc(CC)cc1. The summed E-state index contributed by atoms with van der Waals surface area (Å²) in [6.07, 6.45) is 1.81. The van der Waals surface area contributed by atoms with E-state index < -0.39 is 0 Å². The molecule has 0 aromatic heterocycles. The van der Waals surface area contributed by atoms with Gasteiger partial charge in [0.25, 0.3) is 0 Å². The molecule has 2 unspecified atom stereocenters. The van der Waals surface area contributed by atoms with Crippen LogP contribution in [0.15, 0.2) is 24.3 Å². The highest BCUT2D eigenvalue weighted by Crippen LogP contribution is 2.26. The van der Waals surface area contributed by atoms with Crippen molar-refractivity contribution in [2.45, 2.75) is 45.8 Å². The van der Waals surface area contributed by atoms with E-state index in [9.17, 15) is 4.79 Å². The molecule has 116 valence electrons. The van der Waals surface area contributed by atoms with Gasteiger partial charge in [-0.15, -0.1) is 0 Å². The Hall–Kier alpha value is -1.39. The van der Waals surface area contributed by atoms with Crippen molar-refractivity contribution in [2.75, 3.05) is 19.8 Å². The van der Waals surface area contributed by atoms with E-state index in [0.717, 1.165) is 18.4 Å². The lowest BCUT2D eigenvalue weighted by atomic mass is 10.1. The zero-order valence-electron chi connectivity index (χ0n) is 13.3. The minimum atomic E-state index is -0.0810. The second-order valence-electron chi connectivity index (χ2n) is 5.35. The topological polar surface area (TPSA) is 41.6 Å². The molecule has 0 spiro atoms. The van der Waals surface area contributed by atoms with Gasteiger partial charge in [-0.25, -0.2) is 0 Å². The standard InChI is InChI=1S/C17H26N2O2/c1-4-13-7-9-14(10-8-13)16-18-15(5-2)17(20)19(16)11-12-21-6-3/h7-10,15-16,18H,4-6,11-12H2,1-3H3. The lowest BCUT2D eigenvalue weighted by Gasteiger charge is -2.24. The number of nitrogens with zero attached hydrogens (tertiary/aromatic N) is 1. The number of hydrogen-bond donors (Lipinski definition) is 1. The third kappa shape index (κ3) is 3.63. The Labute approximate surface area is 127 Å². The molecular weight excluding hydrogens is 264 g/mol. The van der Waals surface area contributed by atoms with Crippen molar-refractivity contribution in [3.05, 3.63) is 35.4 Å². The third-order valence-corrected chi connectivity index (χ3v) is 4.04. The molecule has 2 rings (SSSR count). The van der Waals surface area contributed by atoms with Crippen molar-refractivity contribution >= 4 is 5.91 Å². The number of nitrogens with one attached hydrogen (secondary N) is 1. The van der Waals surface area contributed by atoms with Gasteiger partial charge in [0.15, 0.2) is 0 Å². The van der Waals surface area contributed by atoms with E-state index in [1.54, 1.807) is 0 Å². The summed E-state index contributed by atoms with van der Waals surface area (Å²) in [5, 5.41) is 3.44. The van der Waals surface area contributed by atoms with Crippen molar-refractivity contribution in [3.63, 3.8) is 0 Å². The van der Waals surface area contributed by atoms with Crippen LogP contribution in [0.1, 0.15) is 44.5 Å².